The number of hydrazine groups is 1. The molecule has 0 unspecified atom stereocenters. The van der Waals surface area contributed by atoms with Gasteiger partial charge in [-0.1, -0.05) is 30.3 Å². The maximum atomic E-state index is 12.0. The zero-order chi connectivity index (χ0) is 15.6. The number of amides is 1. The van der Waals surface area contributed by atoms with Gasteiger partial charge in [0.1, 0.15) is 9.90 Å². The van der Waals surface area contributed by atoms with E-state index in [2.05, 4.69) is 15.2 Å². The molecular weight excluding hydrogens is 322 g/mol. The monoisotopic (exact) mass is 333 g/mol. The van der Waals surface area contributed by atoms with Crippen LogP contribution in [-0.4, -0.2) is 19.3 Å². The summed E-state index contributed by atoms with van der Waals surface area (Å²) in [4.78, 5) is 18.3. The summed E-state index contributed by atoms with van der Waals surface area (Å²) >= 11 is 1.06. The van der Waals surface area contributed by atoms with Gasteiger partial charge in [-0.3, -0.25) is 10.2 Å². The third kappa shape index (κ3) is 2.98. The number of hydrogen-bond donors (Lipinski definition) is 2. The summed E-state index contributed by atoms with van der Waals surface area (Å²) < 4.78 is 23.9. The Kier molecular flexibility index (Phi) is 3.88. The number of rotatable bonds is 4. The van der Waals surface area contributed by atoms with E-state index in [1.807, 2.05) is 18.2 Å². The summed E-state index contributed by atoms with van der Waals surface area (Å²) in [5.74, 6) is -0.620. The van der Waals surface area contributed by atoms with Crippen LogP contribution >= 0.6 is 11.3 Å². The van der Waals surface area contributed by atoms with Crippen LogP contribution in [0, 0.1) is 0 Å². The standard InChI is InChI=1S/C14H11N3O3S2/c18-14(16-17-22(19,20)13-6-3-9-21-13)12-8-7-10-4-1-2-5-11(10)15-12/h1-9,17H,(H,16,18). The molecule has 2 heterocycles. The van der Waals surface area contributed by atoms with E-state index >= 15 is 0 Å². The number of pyridine rings is 1. The second-order valence-electron chi connectivity index (χ2n) is 4.38. The molecule has 0 bridgehead atoms. The number of para-hydroxylation sites is 1. The third-order valence-corrected chi connectivity index (χ3v) is 5.54. The van der Waals surface area contributed by atoms with E-state index in [0.717, 1.165) is 16.7 Å². The summed E-state index contributed by atoms with van der Waals surface area (Å²) in [5.41, 5.74) is 2.95. The zero-order valence-corrected chi connectivity index (χ0v) is 12.8. The van der Waals surface area contributed by atoms with E-state index in [0.29, 0.717) is 5.52 Å². The van der Waals surface area contributed by atoms with Crippen molar-refractivity contribution in [1.29, 1.82) is 0 Å². The Hall–Kier alpha value is -2.29. The van der Waals surface area contributed by atoms with E-state index in [9.17, 15) is 13.2 Å². The largest absolute Gasteiger partial charge is 0.284 e. The maximum Gasteiger partial charge on any atom is 0.284 e. The van der Waals surface area contributed by atoms with Crippen molar-refractivity contribution in [3.8, 4) is 0 Å². The highest BCUT2D eigenvalue weighted by Gasteiger charge is 2.17. The van der Waals surface area contributed by atoms with Crippen LogP contribution in [0.15, 0.2) is 58.1 Å². The van der Waals surface area contributed by atoms with Crippen LogP contribution in [0.2, 0.25) is 0 Å². The molecule has 2 aromatic heterocycles. The first-order chi connectivity index (χ1) is 10.6. The van der Waals surface area contributed by atoms with Gasteiger partial charge in [-0.05, 0) is 23.6 Å². The lowest BCUT2D eigenvalue weighted by Gasteiger charge is -2.07. The summed E-state index contributed by atoms with van der Waals surface area (Å²) in [6.45, 7) is 0. The Bertz CT molecular complexity index is 921. The van der Waals surface area contributed by atoms with Crippen LogP contribution in [-0.2, 0) is 10.0 Å². The average Bonchev–Trinajstić information content (AvgIpc) is 3.07. The Morgan fingerprint density at radius 2 is 1.86 bits per heavy atom. The summed E-state index contributed by atoms with van der Waals surface area (Å²) in [6, 6.07) is 13.7. The molecule has 8 heteroatoms. The van der Waals surface area contributed by atoms with Gasteiger partial charge in [-0.15, -0.1) is 16.2 Å². The highest BCUT2D eigenvalue weighted by atomic mass is 32.2. The third-order valence-electron chi connectivity index (χ3n) is 2.89. The van der Waals surface area contributed by atoms with Crippen LogP contribution in [0.5, 0.6) is 0 Å². The highest BCUT2D eigenvalue weighted by Crippen LogP contribution is 2.15. The molecule has 3 aromatic rings. The number of hydrogen-bond acceptors (Lipinski definition) is 5. The molecule has 3 rings (SSSR count). The molecule has 0 atom stereocenters. The first-order valence-electron chi connectivity index (χ1n) is 6.28. The van der Waals surface area contributed by atoms with Crippen molar-refractivity contribution in [3.63, 3.8) is 0 Å². The van der Waals surface area contributed by atoms with Gasteiger partial charge in [-0.2, -0.15) is 0 Å². The molecule has 112 valence electrons. The number of thiophene rings is 1. The van der Waals surface area contributed by atoms with Gasteiger partial charge in [-0.25, -0.2) is 13.4 Å². The minimum Gasteiger partial charge on any atom is -0.272 e. The normalized spacial score (nSPS) is 11.5. The molecule has 0 aliphatic heterocycles. The predicted molar refractivity (Wildman–Crippen MR) is 83.8 cm³/mol. The fraction of sp³-hybridized carbons (Fsp3) is 0. The van der Waals surface area contributed by atoms with Crippen molar-refractivity contribution in [1.82, 2.24) is 15.2 Å². The van der Waals surface area contributed by atoms with Crippen LogP contribution in [0.25, 0.3) is 10.9 Å². The molecule has 0 spiro atoms. The van der Waals surface area contributed by atoms with Crippen molar-refractivity contribution in [2.24, 2.45) is 0 Å². The fourth-order valence-electron chi connectivity index (χ4n) is 1.84. The molecule has 0 saturated heterocycles. The van der Waals surface area contributed by atoms with Gasteiger partial charge >= 0.3 is 0 Å². The summed E-state index contributed by atoms with van der Waals surface area (Å²) in [6.07, 6.45) is 0. The molecule has 1 amide bonds. The number of fused-ring (bicyclic) bond motifs is 1. The summed E-state index contributed by atoms with van der Waals surface area (Å²) in [7, 11) is -3.75. The number of sulfonamides is 1. The highest BCUT2D eigenvalue weighted by molar-refractivity contribution is 7.91. The van der Waals surface area contributed by atoms with E-state index < -0.39 is 15.9 Å². The predicted octanol–water partition coefficient (Wildman–Crippen LogP) is 1.92. The first kappa shape index (κ1) is 14.6. The van der Waals surface area contributed by atoms with Crippen LogP contribution in [0.1, 0.15) is 10.5 Å². The lowest BCUT2D eigenvalue weighted by atomic mass is 10.2. The van der Waals surface area contributed by atoms with E-state index in [1.165, 1.54) is 12.1 Å². The van der Waals surface area contributed by atoms with Crippen LogP contribution in [0.3, 0.4) is 0 Å². The minimum atomic E-state index is -3.75. The molecule has 2 N–H and O–H groups in total. The number of carbonyl (C=O) groups excluding carboxylic acids is 1. The minimum absolute atomic E-state index is 0.124. The molecule has 1 aromatic carbocycles. The number of aromatic nitrogens is 1. The van der Waals surface area contributed by atoms with Crippen molar-refractivity contribution in [2.75, 3.05) is 0 Å². The lowest BCUT2D eigenvalue weighted by molar-refractivity contribution is 0.0940. The molecule has 0 saturated carbocycles. The Labute approximate surface area is 130 Å². The molecular formula is C14H11N3O3S2. The lowest BCUT2D eigenvalue weighted by Crippen LogP contribution is -2.41. The quantitative estimate of drug-likeness (QED) is 0.714. The SMILES string of the molecule is O=C(NNS(=O)(=O)c1cccs1)c1ccc2ccccc2n1. The molecule has 0 fully saturated rings. The second kappa shape index (κ2) is 5.84. The van der Waals surface area contributed by atoms with Crippen molar-refractivity contribution >= 4 is 38.2 Å². The van der Waals surface area contributed by atoms with Crippen molar-refractivity contribution in [3.05, 3.63) is 59.6 Å². The molecule has 0 aliphatic carbocycles. The van der Waals surface area contributed by atoms with Crippen molar-refractivity contribution in [2.45, 2.75) is 4.21 Å². The number of carbonyl (C=O) groups is 1. The van der Waals surface area contributed by atoms with Gasteiger partial charge in [0, 0.05) is 5.39 Å². The Balaban J connectivity index is 1.76. The van der Waals surface area contributed by atoms with E-state index in [-0.39, 0.29) is 9.90 Å². The van der Waals surface area contributed by atoms with Gasteiger partial charge in [0.25, 0.3) is 15.9 Å². The average molecular weight is 333 g/mol. The smallest absolute Gasteiger partial charge is 0.272 e. The maximum absolute atomic E-state index is 12.0. The molecule has 0 aliphatic rings. The van der Waals surface area contributed by atoms with Crippen molar-refractivity contribution < 1.29 is 13.2 Å². The number of nitrogens with one attached hydrogen (secondary N) is 2. The molecule has 22 heavy (non-hydrogen) atoms. The van der Waals surface area contributed by atoms with Gasteiger partial charge in [0.2, 0.25) is 0 Å². The van der Waals surface area contributed by atoms with E-state index in [4.69, 9.17) is 0 Å². The number of nitrogens with zero attached hydrogens (tertiary/aromatic N) is 1. The molecule has 0 radical (unpaired) electrons. The Morgan fingerprint density at radius 3 is 2.64 bits per heavy atom. The second-order valence-corrected chi connectivity index (χ2v) is 7.24. The van der Waals surface area contributed by atoms with Crippen LogP contribution < -0.4 is 10.3 Å². The topological polar surface area (TPSA) is 88.2 Å². The van der Waals surface area contributed by atoms with E-state index in [1.54, 1.807) is 23.6 Å². The Morgan fingerprint density at radius 1 is 1.05 bits per heavy atom. The zero-order valence-electron chi connectivity index (χ0n) is 11.2. The fourth-order valence-corrected chi connectivity index (χ4v) is 3.67. The molecule has 6 nitrogen and oxygen atoms in total. The first-order valence-corrected chi connectivity index (χ1v) is 8.64. The van der Waals surface area contributed by atoms with Gasteiger partial charge in [0.15, 0.2) is 0 Å². The van der Waals surface area contributed by atoms with Gasteiger partial charge in [0.05, 0.1) is 5.52 Å². The van der Waals surface area contributed by atoms with Gasteiger partial charge < -0.3 is 0 Å². The number of benzene rings is 1. The summed E-state index contributed by atoms with van der Waals surface area (Å²) in [5, 5.41) is 2.54. The van der Waals surface area contributed by atoms with Crippen LogP contribution in [0.4, 0.5) is 0 Å².